The van der Waals surface area contributed by atoms with Gasteiger partial charge in [0.2, 0.25) is 0 Å². The third-order valence-corrected chi connectivity index (χ3v) is 6.06. The minimum absolute atomic E-state index is 0. The summed E-state index contributed by atoms with van der Waals surface area (Å²) in [7, 11) is 4.21. The van der Waals surface area contributed by atoms with Crippen molar-refractivity contribution in [3.05, 3.63) is 0 Å². The van der Waals surface area contributed by atoms with Crippen LogP contribution in [-0.2, 0) is 4.79 Å². The molecule has 0 radical (unpaired) electrons. The topological polar surface area (TPSA) is 37.3 Å². The second kappa shape index (κ2) is 21.4. The standard InChI is InChI=1S/C22H46NO2S.HI/c1-4-5-6-7-8-9-10-11-12-13-14-15-16-17-22(25)26-21-19-23(2,3)18-20-24;/h24H,4-21H2,1-3H3;1H/q+1;/p-1. The molecule has 0 aromatic heterocycles. The Balaban J connectivity index is 0. The van der Waals surface area contributed by atoms with E-state index in [0.717, 1.165) is 36.2 Å². The highest BCUT2D eigenvalue weighted by atomic mass is 127. The number of likely N-dealkylation sites (N-methyl/N-ethyl adjacent to an activating group) is 1. The zero-order valence-electron chi connectivity index (χ0n) is 18.3. The molecule has 164 valence electrons. The number of unbranched alkanes of at least 4 members (excludes halogenated alkanes) is 12. The number of nitrogens with zero attached hydrogens (tertiary/aromatic N) is 1. The molecule has 0 aliphatic carbocycles. The average molecular weight is 516 g/mol. The summed E-state index contributed by atoms with van der Waals surface area (Å²) in [4.78, 5) is 11.9. The van der Waals surface area contributed by atoms with Crippen LogP contribution in [0.4, 0.5) is 0 Å². The highest BCUT2D eigenvalue weighted by Crippen LogP contribution is 2.15. The van der Waals surface area contributed by atoms with Gasteiger partial charge in [-0.05, 0) is 6.42 Å². The maximum absolute atomic E-state index is 11.9. The molecule has 0 saturated heterocycles. The van der Waals surface area contributed by atoms with Crippen molar-refractivity contribution in [1.82, 2.24) is 0 Å². The average Bonchev–Trinajstić information content (AvgIpc) is 2.58. The molecule has 0 aliphatic rings. The number of aliphatic hydroxyl groups is 1. The smallest absolute Gasteiger partial charge is 0.189 e. The molecule has 3 nitrogen and oxygen atoms in total. The number of thioether (sulfide) groups is 1. The Morgan fingerprint density at radius 2 is 1.22 bits per heavy atom. The molecule has 0 spiro atoms. The molecule has 0 aromatic rings. The van der Waals surface area contributed by atoms with E-state index in [2.05, 4.69) is 21.0 Å². The van der Waals surface area contributed by atoms with Gasteiger partial charge in [0, 0.05) is 6.42 Å². The number of aliphatic hydroxyl groups excluding tert-OH is 1. The minimum Gasteiger partial charge on any atom is -1.00 e. The van der Waals surface area contributed by atoms with Gasteiger partial charge in [-0.25, -0.2) is 0 Å². The van der Waals surface area contributed by atoms with Crippen molar-refractivity contribution in [3.8, 4) is 0 Å². The Labute approximate surface area is 191 Å². The highest BCUT2D eigenvalue weighted by molar-refractivity contribution is 8.13. The van der Waals surface area contributed by atoms with Gasteiger partial charge in [-0.15, -0.1) is 0 Å². The number of quaternary nitrogens is 1. The van der Waals surface area contributed by atoms with Crippen molar-refractivity contribution in [2.24, 2.45) is 0 Å². The van der Waals surface area contributed by atoms with E-state index in [1.807, 2.05) is 0 Å². The third-order valence-electron chi connectivity index (χ3n) is 5.15. The molecular formula is C22H46INO2S. The summed E-state index contributed by atoms with van der Waals surface area (Å²) in [6.45, 7) is 4.18. The largest absolute Gasteiger partial charge is 1.00 e. The summed E-state index contributed by atoms with van der Waals surface area (Å²) in [5.41, 5.74) is 0. The molecule has 0 unspecified atom stereocenters. The number of hydrogen-bond acceptors (Lipinski definition) is 3. The van der Waals surface area contributed by atoms with Gasteiger partial charge >= 0.3 is 0 Å². The van der Waals surface area contributed by atoms with Gasteiger partial charge in [0.05, 0.1) is 33.0 Å². The van der Waals surface area contributed by atoms with Crippen LogP contribution in [0.15, 0.2) is 0 Å². The van der Waals surface area contributed by atoms with Crippen molar-refractivity contribution in [3.63, 3.8) is 0 Å². The highest BCUT2D eigenvalue weighted by Gasteiger charge is 2.14. The summed E-state index contributed by atoms with van der Waals surface area (Å²) in [6.07, 6.45) is 18.2. The Hall–Kier alpha value is 0.670. The second-order valence-electron chi connectivity index (χ2n) is 8.32. The summed E-state index contributed by atoms with van der Waals surface area (Å²) < 4.78 is 0.787. The lowest BCUT2D eigenvalue weighted by Gasteiger charge is -2.28. The van der Waals surface area contributed by atoms with Gasteiger partial charge in [-0.3, -0.25) is 4.79 Å². The first-order chi connectivity index (χ1) is 12.5. The summed E-state index contributed by atoms with van der Waals surface area (Å²) in [5.74, 6) is 0.865. The maximum atomic E-state index is 11.9. The lowest BCUT2D eigenvalue weighted by Crippen LogP contribution is -3.00. The van der Waals surface area contributed by atoms with E-state index in [9.17, 15) is 4.79 Å². The fourth-order valence-electron chi connectivity index (χ4n) is 3.15. The van der Waals surface area contributed by atoms with Crippen LogP contribution in [0.5, 0.6) is 0 Å². The van der Waals surface area contributed by atoms with Crippen molar-refractivity contribution < 1.29 is 38.4 Å². The first kappa shape index (κ1) is 29.9. The number of carbonyl (C=O) groups is 1. The fraction of sp³-hybridized carbons (Fsp3) is 0.955. The summed E-state index contributed by atoms with van der Waals surface area (Å²) >= 11 is 1.48. The molecule has 0 bridgehead atoms. The van der Waals surface area contributed by atoms with Gasteiger partial charge in [0.15, 0.2) is 5.12 Å². The number of hydrogen-bond donors (Lipinski definition) is 1. The number of rotatable bonds is 19. The molecule has 0 rings (SSSR count). The van der Waals surface area contributed by atoms with Crippen LogP contribution in [0.3, 0.4) is 0 Å². The molecule has 1 N–H and O–H groups in total. The van der Waals surface area contributed by atoms with Crippen molar-refractivity contribution >= 4 is 16.9 Å². The molecule has 0 saturated carbocycles. The van der Waals surface area contributed by atoms with E-state index < -0.39 is 0 Å². The fourth-order valence-corrected chi connectivity index (χ4v) is 4.25. The van der Waals surface area contributed by atoms with Gasteiger partial charge in [-0.2, -0.15) is 0 Å². The van der Waals surface area contributed by atoms with E-state index in [-0.39, 0.29) is 30.6 Å². The number of halogens is 1. The van der Waals surface area contributed by atoms with E-state index in [4.69, 9.17) is 5.11 Å². The zero-order valence-corrected chi connectivity index (χ0v) is 21.3. The van der Waals surface area contributed by atoms with E-state index >= 15 is 0 Å². The molecule has 0 heterocycles. The SMILES string of the molecule is CCCCCCCCCCCCCCCC(=O)SCC[N+](C)(C)CCO.[I-]. The van der Waals surface area contributed by atoms with Gasteiger partial charge in [-0.1, -0.05) is 95.7 Å². The third kappa shape index (κ3) is 22.8. The van der Waals surface area contributed by atoms with Crippen molar-refractivity contribution in [2.45, 2.75) is 96.8 Å². The minimum atomic E-state index is 0. The molecule has 5 heteroatoms. The molecule has 0 aromatic carbocycles. The van der Waals surface area contributed by atoms with E-state index in [1.54, 1.807) is 0 Å². The van der Waals surface area contributed by atoms with Gasteiger partial charge < -0.3 is 33.6 Å². The Morgan fingerprint density at radius 3 is 1.67 bits per heavy atom. The Bertz CT molecular complexity index is 327. The van der Waals surface area contributed by atoms with Crippen LogP contribution >= 0.6 is 11.8 Å². The normalized spacial score (nSPS) is 11.4. The van der Waals surface area contributed by atoms with Crippen LogP contribution < -0.4 is 24.0 Å². The molecular weight excluding hydrogens is 469 g/mol. The Kier molecular flexibility index (Phi) is 23.7. The molecule has 27 heavy (non-hydrogen) atoms. The zero-order chi connectivity index (χ0) is 19.5. The summed E-state index contributed by atoms with van der Waals surface area (Å²) in [6, 6.07) is 0. The maximum Gasteiger partial charge on any atom is 0.189 e. The van der Waals surface area contributed by atoms with Crippen LogP contribution in [0.25, 0.3) is 0 Å². The molecule has 0 atom stereocenters. The summed E-state index contributed by atoms with van der Waals surface area (Å²) in [5, 5.41) is 9.35. The lowest BCUT2D eigenvalue weighted by atomic mass is 10.0. The van der Waals surface area contributed by atoms with Crippen LogP contribution in [0, 0.1) is 0 Å². The van der Waals surface area contributed by atoms with Crippen LogP contribution in [0.2, 0.25) is 0 Å². The van der Waals surface area contributed by atoms with Crippen molar-refractivity contribution in [2.75, 3.05) is 39.5 Å². The monoisotopic (exact) mass is 515 g/mol. The first-order valence-electron chi connectivity index (χ1n) is 11.1. The predicted octanol–water partition coefficient (Wildman–Crippen LogP) is 2.80. The van der Waals surface area contributed by atoms with Gasteiger partial charge in [0.1, 0.15) is 6.54 Å². The molecule has 0 amide bonds. The second-order valence-corrected chi connectivity index (χ2v) is 9.47. The van der Waals surface area contributed by atoms with Crippen molar-refractivity contribution in [1.29, 1.82) is 0 Å². The van der Waals surface area contributed by atoms with Crippen LogP contribution in [0.1, 0.15) is 96.8 Å². The first-order valence-corrected chi connectivity index (χ1v) is 12.1. The van der Waals surface area contributed by atoms with Gasteiger partial charge in [0.25, 0.3) is 0 Å². The molecule has 0 aliphatic heterocycles. The van der Waals surface area contributed by atoms with E-state index in [1.165, 1.54) is 88.8 Å². The molecule has 0 fully saturated rings. The van der Waals surface area contributed by atoms with E-state index in [0.29, 0.717) is 5.12 Å². The quantitative estimate of drug-likeness (QED) is 0.163. The predicted molar refractivity (Wildman–Crippen MR) is 117 cm³/mol. The lowest BCUT2D eigenvalue weighted by molar-refractivity contribution is -0.888. The van der Waals surface area contributed by atoms with Crippen LogP contribution in [-0.4, -0.2) is 54.2 Å². The number of carbonyl (C=O) groups excluding carboxylic acids is 1. The Morgan fingerprint density at radius 1 is 0.778 bits per heavy atom.